The van der Waals surface area contributed by atoms with Crippen LogP contribution in [0.5, 0.6) is 0 Å². The first-order valence-corrected chi connectivity index (χ1v) is 5.74. The Kier molecular flexibility index (Phi) is 6.81. The standard InChI is InChI=1S/C13H21NO2/c1-16-11-13(14-8-5-9-15)10-12-6-3-2-4-7-12/h2-4,6-7,13-15H,5,8-11H2,1H3. The molecule has 0 bridgehead atoms. The fourth-order valence-electron chi connectivity index (χ4n) is 1.68. The average molecular weight is 223 g/mol. The number of methoxy groups -OCH3 is 1. The van der Waals surface area contributed by atoms with Crippen LogP contribution in [0.25, 0.3) is 0 Å². The summed E-state index contributed by atoms with van der Waals surface area (Å²) in [5.74, 6) is 0. The number of hydrogen-bond donors (Lipinski definition) is 2. The molecular weight excluding hydrogens is 202 g/mol. The minimum absolute atomic E-state index is 0.234. The SMILES string of the molecule is COCC(Cc1ccccc1)NCCCO. The molecule has 0 saturated carbocycles. The second-order valence-electron chi connectivity index (χ2n) is 3.87. The van der Waals surface area contributed by atoms with Crippen molar-refractivity contribution in [3.8, 4) is 0 Å². The van der Waals surface area contributed by atoms with Crippen LogP contribution in [0.15, 0.2) is 30.3 Å². The molecule has 90 valence electrons. The molecule has 0 heterocycles. The van der Waals surface area contributed by atoms with Crippen LogP contribution in [-0.4, -0.2) is 38.0 Å². The molecule has 1 aromatic rings. The Morgan fingerprint density at radius 2 is 2.06 bits per heavy atom. The highest BCUT2D eigenvalue weighted by Gasteiger charge is 2.07. The van der Waals surface area contributed by atoms with Crippen LogP contribution in [0.2, 0.25) is 0 Å². The molecular formula is C13H21NO2. The number of hydrogen-bond acceptors (Lipinski definition) is 3. The molecule has 0 fully saturated rings. The van der Waals surface area contributed by atoms with Crippen molar-refractivity contribution in [2.45, 2.75) is 18.9 Å². The van der Waals surface area contributed by atoms with Crippen molar-refractivity contribution in [2.24, 2.45) is 0 Å². The van der Waals surface area contributed by atoms with Gasteiger partial charge in [0.1, 0.15) is 0 Å². The van der Waals surface area contributed by atoms with Gasteiger partial charge >= 0.3 is 0 Å². The van der Waals surface area contributed by atoms with Gasteiger partial charge in [0, 0.05) is 19.8 Å². The van der Waals surface area contributed by atoms with Crippen molar-refractivity contribution in [3.63, 3.8) is 0 Å². The van der Waals surface area contributed by atoms with Crippen molar-refractivity contribution in [1.82, 2.24) is 5.32 Å². The van der Waals surface area contributed by atoms with E-state index in [-0.39, 0.29) is 6.61 Å². The van der Waals surface area contributed by atoms with Crippen molar-refractivity contribution < 1.29 is 9.84 Å². The molecule has 0 aliphatic rings. The van der Waals surface area contributed by atoms with Gasteiger partial charge in [0.25, 0.3) is 0 Å². The zero-order valence-electron chi connectivity index (χ0n) is 9.86. The van der Waals surface area contributed by atoms with E-state index in [1.807, 2.05) is 18.2 Å². The number of nitrogens with one attached hydrogen (secondary N) is 1. The Morgan fingerprint density at radius 3 is 2.69 bits per heavy atom. The van der Waals surface area contributed by atoms with Crippen molar-refractivity contribution >= 4 is 0 Å². The molecule has 0 aliphatic heterocycles. The third-order valence-electron chi connectivity index (χ3n) is 2.46. The van der Waals surface area contributed by atoms with Gasteiger partial charge in [0.15, 0.2) is 0 Å². The summed E-state index contributed by atoms with van der Waals surface area (Å²) in [4.78, 5) is 0. The lowest BCUT2D eigenvalue weighted by Gasteiger charge is -2.17. The van der Waals surface area contributed by atoms with Gasteiger partial charge in [-0.1, -0.05) is 30.3 Å². The maximum Gasteiger partial charge on any atom is 0.0619 e. The Morgan fingerprint density at radius 1 is 1.31 bits per heavy atom. The Labute approximate surface area is 97.4 Å². The maximum atomic E-state index is 8.73. The van der Waals surface area contributed by atoms with Gasteiger partial charge in [-0.2, -0.15) is 0 Å². The van der Waals surface area contributed by atoms with E-state index in [0.29, 0.717) is 12.6 Å². The Balaban J connectivity index is 2.38. The molecule has 1 rings (SSSR count). The summed E-state index contributed by atoms with van der Waals surface area (Å²) in [6.45, 7) is 1.76. The van der Waals surface area contributed by atoms with Gasteiger partial charge in [-0.3, -0.25) is 0 Å². The summed E-state index contributed by atoms with van der Waals surface area (Å²) in [6.07, 6.45) is 1.75. The second kappa shape index (κ2) is 8.28. The molecule has 0 amide bonds. The summed E-state index contributed by atoms with van der Waals surface area (Å²) < 4.78 is 5.18. The van der Waals surface area contributed by atoms with Gasteiger partial charge in [-0.25, -0.2) is 0 Å². The number of aliphatic hydroxyl groups excluding tert-OH is 1. The summed E-state index contributed by atoms with van der Waals surface area (Å²) in [5.41, 5.74) is 1.31. The van der Waals surface area contributed by atoms with E-state index in [1.54, 1.807) is 7.11 Å². The molecule has 0 spiro atoms. The van der Waals surface area contributed by atoms with Crippen LogP contribution in [0.1, 0.15) is 12.0 Å². The van der Waals surface area contributed by atoms with E-state index in [1.165, 1.54) is 5.56 Å². The number of aliphatic hydroxyl groups is 1. The fourth-order valence-corrected chi connectivity index (χ4v) is 1.68. The van der Waals surface area contributed by atoms with E-state index in [2.05, 4.69) is 17.4 Å². The smallest absolute Gasteiger partial charge is 0.0619 e. The van der Waals surface area contributed by atoms with Crippen LogP contribution in [0.3, 0.4) is 0 Å². The van der Waals surface area contributed by atoms with Crippen molar-refractivity contribution in [1.29, 1.82) is 0 Å². The largest absolute Gasteiger partial charge is 0.396 e. The molecule has 16 heavy (non-hydrogen) atoms. The summed E-state index contributed by atoms with van der Waals surface area (Å²) in [7, 11) is 1.71. The summed E-state index contributed by atoms with van der Waals surface area (Å²) in [5, 5.41) is 12.1. The third kappa shape index (κ3) is 5.26. The van der Waals surface area contributed by atoms with Gasteiger partial charge in [0.2, 0.25) is 0 Å². The molecule has 0 aromatic heterocycles. The molecule has 1 atom stereocenters. The zero-order chi connectivity index (χ0) is 11.6. The molecule has 2 N–H and O–H groups in total. The monoisotopic (exact) mass is 223 g/mol. The highest BCUT2D eigenvalue weighted by atomic mass is 16.5. The predicted octanol–water partition coefficient (Wildman–Crippen LogP) is 1.22. The minimum Gasteiger partial charge on any atom is -0.396 e. The second-order valence-corrected chi connectivity index (χ2v) is 3.87. The van der Waals surface area contributed by atoms with Gasteiger partial charge in [-0.15, -0.1) is 0 Å². The van der Waals surface area contributed by atoms with Crippen LogP contribution >= 0.6 is 0 Å². The molecule has 1 aromatic carbocycles. The van der Waals surface area contributed by atoms with Gasteiger partial charge in [-0.05, 0) is 24.9 Å². The topological polar surface area (TPSA) is 41.5 Å². The zero-order valence-corrected chi connectivity index (χ0v) is 9.86. The van der Waals surface area contributed by atoms with Gasteiger partial charge in [0.05, 0.1) is 6.61 Å². The summed E-state index contributed by atoms with van der Waals surface area (Å²) >= 11 is 0. The predicted molar refractivity (Wildman–Crippen MR) is 65.5 cm³/mol. The Hall–Kier alpha value is -0.900. The quantitative estimate of drug-likeness (QED) is 0.651. The van der Waals surface area contributed by atoms with Crippen LogP contribution in [0.4, 0.5) is 0 Å². The van der Waals surface area contributed by atoms with E-state index in [0.717, 1.165) is 19.4 Å². The highest BCUT2D eigenvalue weighted by Crippen LogP contribution is 2.03. The fraction of sp³-hybridized carbons (Fsp3) is 0.538. The lowest BCUT2D eigenvalue weighted by molar-refractivity contribution is 0.164. The van der Waals surface area contributed by atoms with E-state index in [4.69, 9.17) is 9.84 Å². The molecule has 0 saturated heterocycles. The highest BCUT2D eigenvalue weighted by molar-refractivity contribution is 5.15. The van der Waals surface area contributed by atoms with E-state index >= 15 is 0 Å². The maximum absolute atomic E-state index is 8.73. The Bertz CT molecular complexity index is 264. The van der Waals surface area contributed by atoms with Gasteiger partial charge < -0.3 is 15.2 Å². The number of ether oxygens (including phenoxy) is 1. The summed E-state index contributed by atoms with van der Waals surface area (Å²) in [6, 6.07) is 10.7. The van der Waals surface area contributed by atoms with Crippen LogP contribution < -0.4 is 5.32 Å². The number of rotatable bonds is 8. The molecule has 3 heteroatoms. The molecule has 3 nitrogen and oxygen atoms in total. The normalized spacial score (nSPS) is 12.6. The van der Waals surface area contributed by atoms with Crippen LogP contribution in [0, 0.1) is 0 Å². The first-order valence-electron chi connectivity index (χ1n) is 5.74. The van der Waals surface area contributed by atoms with E-state index in [9.17, 15) is 0 Å². The lowest BCUT2D eigenvalue weighted by Crippen LogP contribution is -2.36. The number of benzene rings is 1. The lowest BCUT2D eigenvalue weighted by atomic mass is 10.1. The molecule has 1 unspecified atom stereocenters. The average Bonchev–Trinajstić information content (AvgIpc) is 2.31. The first-order chi connectivity index (χ1) is 7.86. The van der Waals surface area contributed by atoms with Crippen LogP contribution in [-0.2, 0) is 11.2 Å². The minimum atomic E-state index is 0.234. The third-order valence-corrected chi connectivity index (χ3v) is 2.46. The van der Waals surface area contributed by atoms with Crippen molar-refractivity contribution in [2.75, 3.05) is 26.9 Å². The molecule has 0 radical (unpaired) electrons. The molecule has 0 aliphatic carbocycles. The van der Waals surface area contributed by atoms with Crippen molar-refractivity contribution in [3.05, 3.63) is 35.9 Å². The first kappa shape index (κ1) is 13.2. The van der Waals surface area contributed by atoms with E-state index < -0.39 is 0 Å².